The van der Waals surface area contributed by atoms with Crippen molar-refractivity contribution in [1.29, 1.82) is 0 Å². The molecular formula is C25H30N6O3. The highest BCUT2D eigenvalue weighted by atomic mass is 16.5. The van der Waals surface area contributed by atoms with E-state index in [1.54, 1.807) is 4.68 Å². The zero-order valence-corrected chi connectivity index (χ0v) is 19.9. The van der Waals surface area contributed by atoms with Gasteiger partial charge in [0.1, 0.15) is 17.5 Å². The summed E-state index contributed by atoms with van der Waals surface area (Å²) in [6.45, 7) is 9.24. The zero-order chi connectivity index (χ0) is 24.1. The number of carbonyl (C=O) groups is 1. The first kappa shape index (κ1) is 23.3. The summed E-state index contributed by atoms with van der Waals surface area (Å²) in [5, 5.41) is 18.1. The summed E-state index contributed by atoms with van der Waals surface area (Å²) in [5.41, 5.74) is 2.66. The van der Waals surface area contributed by atoms with Crippen LogP contribution in [0.3, 0.4) is 0 Å². The van der Waals surface area contributed by atoms with Gasteiger partial charge in [0.05, 0.1) is 24.5 Å². The third kappa shape index (κ3) is 5.03. The molecule has 1 atom stereocenters. The number of carbonyl (C=O) groups excluding carboxylic acids is 1. The summed E-state index contributed by atoms with van der Waals surface area (Å²) in [6.07, 6.45) is 0.986. The zero-order valence-electron chi connectivity index (χ0n) is 19.9. The lowest BCUT2D eigenvalue weighted by Crippen LogP contribution is -2.31. The molecule has 0 bridgehead atoms. The summed E-state index contributed by atoms with van der Waals surface area (Å²) in [7, 11) is 0. The molecule has 34 heavy (non-hydrogen) atoms. The molecule has 1 aliphatic rings. The van der Waals surface area contributed by atoms with Crippen LogP contribution < -0.4 is 20.1 Å². The number of para-hydroxylation sites is 2. The molecule has 0 aliphatic carbocycles. The minimum absolute atomic E-state index is 0.263. The first-order chi connectivity index (χ1) is 16.5. The molecule has 1 aromatic heterocycles. The average molecular weight is 463 g/mol. The molecule has 0 saturated carbocycles. The van der Waals surface area contributed by atoms with E-state index in [2.05, 4.69) is 40.0 Å². The number of amides is 1. The number of aromatic nitrogens is 4. The molecule has 1 amide bonds. The molecule has 4 rings (SSSR count). The number of nitrogens with one attached hydrogen (secondary N) is 2. The third-order valence-electron chi connectivity index (χ3n) is 5.55. The van der Waals surface area contributed by atoms with Crippen molar-refractivity contribution in [2.24, 2.45) is 5.92 Å². The van der Waals surface area contributed by atoms with E-state index >= 15 is 0 Å². The molecule has 0 fully saturated rings. The molecule has 178 valence electrons. The van der Waals surface area contributed by atoms with Gasteiger partial charge in [0.2, 0.25) is 5.95 Å². The molecule has 0 spiro atoms. The van der Waals surface area contributed by atoms with Crippen molar-refractivity contribution < 1.29 is 14.3 Å². The fraction of sp³-hybridized carbons (Fsp3) is 0.360. The lowest BCUT2D eigenvalue weighted by Gasteiger charge is -2.28. The molecule has 0 radical (unpaired) electrons. The van der Waals surface area contributed by atoms with Crippen LogP contribution in [-0.2, 0) is 4.79 Å². The van der Waals surface area contributed by atoms with Gasteiger partial charge in [-0.3, -0.25) is 4.79 Å². The van der Waals surface area contributed by atoms with Crippen LogP contribution in [0.5, 0.6) is 11.5 Å². The van der Waals surface area contributed by atoms with E-state index in [1.165, 1.54) is 0 Å². The maximum Gasteiger partial charge on any atom is 0.255 e. The van der Waals surface area contributed by atoms with E-state index in [9.17, 15) is 4.79 Å². The summed E-state index contributed by atoms with van der Waals surface area (Å²) in [4.78, 5) is 13.6. The number of hydrogen-bond donors (Lipinski definition) is 2. The van der Waals surface area contributed by atoms with Gasteiger partial charge < -0.3 is 20.1 Å². The third-order valence-corrected chi connectivity index (χ3v) is 5.55. The Morgan fingerprint density at radius 1 is 1.15 bits per heavy atom. The van der Waals surface area contributed by atoms with Gasteiger partial charge in [-0.2, -0.15) is 4.68 Å². The minimum atomic E-state index is -0.504. The second kappa shape index (κ2) is 10.4. The SMILES string of the molecule is CCOc1ccccc1NC(=O)C1=C(C)Nc2nnnn2C1c1ccc(OCCC(C)C)cc1. The van der Waals surface area contributed by atoms with Crippen LogP contribution in [0, 0.1) is 5.92 Å². The lowest BCUT2D eigenvalue weighted by molar-refractivity contribution is -0.113. The maximum atomic E-state index is 13.6. The molecule has 3 aromatic rings. The van der Waals surface area contributed by atoms with Gasteiger partial charge in [-0.1, -0.05) is 43.2 Å². The van der Waals surface area contributed by atoms with Crippen molar-refractivity contribution in [1.82, 2.24) is 20.2 Å². The Hall–Kier alpha value is -3.88. The Morgan fingerprint density at radius 2 is 1.91 bits per heavy atom. The molecule has 1 aliphatic heterocycles. The van der Waals surface area contributed by atoms with Gasteiger partial charge >= 0.3 is 0 Å². The fourth-order valence-electron chi connectivity index (χ4n) is 3.81. The van der Waals surface area contributed by atoms with Gasteiger partial charge in [0, 0.05) is 5.70 Å². The fourth-order valence-corrected chi connectivity index (χ4v) is 3.81. The van der Waals surface area contributed by atoms with Crippen LogP contribution in [0.25, 0.3) is 0 Å². The van der Waals surface area contributed by atoms with Crippen molar-refractivity contribution in [3.8, 4) is 11.5 Å². The van der Waals surface area contributed by atoms with Gasteiger partial charge in [-0.15, -0.1) is 0 Å². The molecule has 2 N–H and O–H groups in total. The molecular weight excluding hydrogens is 432 g/mol. The van der Waals surface area contributed by atoms with E-state index in [-0.39, 0.29) is 5.91 Å². The number of nitrogens with zero attached hydrogens (tertiary/aromatic N) is 4. The Bertz CT molecular complexity index is 1170. The largest absolute Gasteiger partial charge is 0.494 e. The Kier molecular flexibility index (Phi) is 7.10. The first-order valence-corrected chi connectivity index (χ1v) is 11.5. The number of fused-ring (bicyclic) bond motifs is 1. The first-order valence-electron chi connectivity index (χ1n) is 11.5. The van der Waals surface area contributed by atoms with E-state index in [0.717, 1.165) is 17.7 Å². The van der Waals surface area contributed by atoms with Crippen molar-refractivity contribution in [3.05, 3.63) is 65.4 Å². The van der Waals surface area contributed by atoms with Crippen LogP contribution >= 0.6 is 0 Å². The Morgan fingerprint density at radius 3 is 2.65 bits per heavy atom. The van der Waals surface area contributed by atoms with Crippen LogP contribution in [0.15, 0.2) is 59.8 Å². The molecule has 0 saturated heterocycles. The van der Waals surface area contributed by atoms with Gasteiger partial charge in [-0.25, -0.2) is 0 Å². The van der Waals surface area contributed by atoms with Gasteiger partial charge in [-0.05, 0) is 66.4 Å². The van der Waals surface area contributed by atoms with Crippen LogP contribution in [0.4, 0.5) is 11.6 Å². The van der Waals surface area contributed by atoms with E-state index in [0.29, 0.717) is 47.8 Å². The monoisotopic (exact) mass is 462 g/mol. The number of allylic oxidation sites excluding steroid dienone is 1. The summed E-state index contributed by atoms with van der Waals surface area (Å²) in [5.74, 6) is 2.19. The van der Waals surface area contributed by atoms with Crippen molar-refractivity contribution in [3.63, 3.8) is 0 Å². The maximum absolute atomic E-state index is 13.6. The van der Waals surface area contributed by atoms with E-state index in [4.69, 9.17) is 9.47 Å². The van der Waals surface area contributed by atoms with E-state index in [1.807, 2.05) is 62.4 Å². The quantitative estimate of drug-likeness (QED) is 0.485. The van der Waals surface area contributed by atoms with Crippen LogP contribution in [-0.4, -0.2) is 39.3 Å². The highest BCUT2D eigenvalue weighted by Crippen LogP contribution is 2.36. The summed E-state index contributed by atoms with van der Waals surface area (Å²) >= 11 is 0. The summed E-state index contributed by atoms with van der Waals surface area (Å²) in [6, 6.07) is 14.6. The number of hydrogen-bond acceptors (Lipinski definition) is 7. The molecule has 9 nitrogen and oxygen atoms in total. The van der Waals surface area contributed by atoms with Crippen molar-refractivity contribution in [2.75, 3.05) is 23.8 Å². The highest BCUT2D eigenvalue weighted by molar-refractivity contribution is 6.06. The van der Waals surface area contributed by atoms with Crippen molar-refractivity contribution in [2.45, 2.75) is 40.2 Å². The number of ether oxygens (including phenoxy) is 2. The summed E-state index contributed by atoms with van der Waals surface area (Å²) < 4.78 is 13.1. The standard InChI is InChI=1S/C25H30N6O3/c1-5-33-21-9-7-6-8-20(21)27-24(32)22-17(4)26-25-28-29-30-31(25)23(22)18-10-12-19(13-11-18)34-15-14-16(2)3/h6-13,16,23H,5,14-15H2,1-4H3,(H,27,32)(H,26,28,30). The number of rotatable bonds is 9. The number of tetrazole rings is 1. The number of anilines is 2. The van der Waals surface area contributed by atoms with Crippen LogP contribution in [0.2, 0.25) is 0 Å². The highest BCUT2D eigenvalue weighted by Gasteiger charge is 2.34. The molecule has 2 aromatic carbocycles. The lowest BCUT2D eigenvalue weighted by atomic mass is 9.95. The molecule has 1 unspecified atom stereocenters. The second-order valence-electron chi connectivity index (χ2n) is 8.50. The normalized spacial score (nSPS) is 15.0. The second-order valence-corrected chi connectivity index (χ2v) is 8.50. The predicted octanol–water partition coefficient (Wildman–Crippen LogP) is 4.42. The van der Waals surface area contributed by atoms with Crippen LogP contribution in [0.1, 0.15) is 45.7 Å². The number of benzene rings is 2. The topological polar surface area (TPSA) is 103 Å². The smallest absolute Gasteiger partial charge is 0.255 e. The van der Waals surface area contributed by atoms with E-state index < -0.39 is 6.04 Å². The minimum Gasteiger partial charge on any atom is -0.494 e. The van der Waals surface area contributed by atoms with Crippen molar-refractivity contribution >= 4 is 17.5 Å². The molecule has 2 heterocycles. The van der Waals surface area contributed by atoms with Gasteiger partial charge in [0.25, 0.3) is 5.91 Å². The Labute approximate surface area is 199 Å². The Balaban J connectivity index is 1.63. The average Bonchev–Trinajstić information content (AvgIpc) is 3.28. The molecule has 9 heteroatoms. The van der Waals surface area contributed by atoms with Gasteiger partial charge in [0.15, 0.2) is 0 Å². The predicted molar refractivity (Wildman–Crippen MR) is 130 cm³/mol.